The Morgan fingerprint density at radius 3 is 2.06 bits per heavy atom. The number of ether oxygens (including phenoxy) is 2. The first-order valence-corrected chi connectivity index (χ1v) is 12.2. The lowest BCUT2D eigenvalue weighted by atomic mass is 9.98. The van der Waals surface area contributed by atoms with Crippen molar-refractivity contribution in [1.29, 1.82) is 0 Å². The molecule has 0 saturated heterocycles. The van der Waals surface area contributed by atoms with Crippen molar-refractivity contribution in [3.8, 4) is 5.75 Å². The van der Waals surface area contributed by atoms with Gasteiger partial charge in [-0.25, -0.2) is 4.79 Å². The van der Waals surface area contributed by atoms with Crippen molar-refractivity contribution in [3.63, 3.8) is 0 Å². The fraction of sp³-hybridized carbons (Fsp3) is 0.125. The fourth-order valence-electron chi connectivity index (χ4n) is 2.77. The molecule has 0 N–H and O–H groups in total. The van der Waals surface area contributed by atoms with Gasteiger partial charge in [-0.2, -0.15) is 0 Å². The molecule has 0 spiro atoms. The van der Waals surface area contributed by atoms with E-state index in [1.54, 1.807) is 17.8 Å². The van der Waals surface area contributed by atoms with Crippen LogP contribution in [0.15, 0.2) is 86.6 Å². The summed E-state index contributed by atoms with van der Waals surface area (Å²) in [5.74, 6) is 0.769. The molecule has 0 bridgehead atoms. The molecular formula is C24H19Br2ClO3S. The van der Waals surface area contributed by atoms with E-state index in [-0.39, 0.29) is 6.61 Å². The molecule has 0 radical (unpaired) electrons. The van der Waals surface area contributed by atoms with Crippen molar-refractivity contribution in [2.24, 2.45) is 0 Å². The van der Waals surface area contributed by atoms with Crippen LogP contribution in [0.5, 0.6) is 5.75 Å². The minimum absolute atomic E-state index is 0.171. The van der Waals surface area contributed by atoms with Gasteiger partial charge in [0, 0.05) is 19.6 Å². The number of carbonyl (C=O) groups excluding carboxylic acids is 1. The van der Waals surface area contributed by atoms with Crippen LogP contribution in [0.25, 0.3) is 5.57 Å². The van der Waals surface area contributed by atoms with Crippen molar-refractivity contribution >= 4 is 66.8 Å². The zero-order valence-corrected chi connectivity index (χ0v) is 21.4. The highest BCUT2D eigenvalue weighted by molar-refractivity contribution is 9.10. The average molecular weight is 583 g/mol. The van der Waals surface area contributed by atoms with E-state index in [0.717, 1.165) is 36.3 Å². The lowest BCUT2D eigenvalue weighted by Crippen LogP contribution is -2.12. The number of rotatable bonds is 8. The molecule has 7 heteroatoms. The SMILES string of the molecule is COC(=O)COc1ccc(SCC=C(c2ccc(Br)cc2)c2ccc(Br)cc2)cc1Cl. The van der Waals surface area contributed by atoms with E-state index in [2.05, 4.69) is 66.9 Å². The van der Waals surface area contributed by atoms with Crippen LogP contribution in [-0.4, -0.2) is 25.4 Å². The van der Waals surface area contributed by atoms with Crippen LogP contribution < -0.4 is 4.74 Å². The number of hydrogen-bond donors (Lipinski definition) is 0. The standard InChI is InChI=1S/C24H19Br2ClO3S/c1-29-24(28)15-30-23-11-10-20(14-22(23)27)31-13-12-21(16-2-6-18(25)7-3-16)17-4-8-19(26)9-5-17/h2-12,14H,13,15H2,1H3. The highest BCUT2D eigenvalue weighted by Crippen LogP contribution is 2.32. The second-order valence-corrected chi connectivity index (χ2v) is 9.73. The number of benzene rings is 3. The number of methoxy groups -OCH3 is 1. The fourth-order valence-corrected chi connectivity index (χ4v) is 4.40. The molecule has 3 nitrogen and oxygen atoms in total. The zero-order chi connectivity index (χ0) is 22.2. The molecule has 3 aromatic rings. The lowest BCUT2D eigenvalue weighted by molar-refractivity contribution is -0.142. The van der Waals surface area contributed by atoms with Crippen molar-refractivity contribution in [3.05, 3.63) is 97.9 Å². The van der Waals surface area contributed by atoms with Crippen LogP contribution >= 0.6 is 55.2 Å². The smallest absolute Gasteiger partial charge is 0.343 e. The summed E-state index contributed by atoms with van der Waals surface area (Å²) in [4.78, 5) is 12.2. The van der Waals surface area contributed by atoms with Crippen molar-refractivity contribution in [2.45, 2.75) is 4.90 Å². The number of halogens is 3. The van der Waals surface area contributed by atoms with Gasteiger partial charge in [-0.15, -0.1) is 11.8 Å². The third-order valence-corrected chi connectivity index (χ3v) is 6.60. The quantitative estimate of drug-likeness (QED) is 0.202. The molecule has 160 valence electrons. The van der Waals surface area contributed by atoms with E-state index < -0.39 is 5.97 Å². The Labute approximate surface area is 208 Å². The molecule has 31 heavy (non-hydrogen) atoms. The van der Waals surface area contributed by atoms with E-state index in [4.69, 9.17) is 16.3 Å². The van der Waals surface area contributed by atoms with Gasteiger partial charge in [0.2, 0.25) is 0 Å². The Hall–Kier alpha value is -1.73. The molecule has 0 heterocycles. The first kappa shape index (κ1) is 23.9. The van der Waals surface area contributed by atoms with Gasteiger partial charge in [0.25, 0.3) is 0 Å². The van der Waals surface area contributed by atoms with Gasteiger partial charge < -0.3 is 9.47 Å². The molecule has 0 aliphatic heterocycles. The van der Waals surface area contributed by atoms with E-state index >= 15 is 0 Å². The molecule has 0 aliphatic carbocycles. The van der Waals surface area contributed by atoms with Crippen LogP contribution in [0.1, 0.15) is 11.1 Å². The first-order valence-electron chi connectivity index (χ1n) is 9.30. The van der Waals surface area contributed by atoms with Crippen LogP contribution in [0.2, 0.25) is 5.02 Å². The predicted octanol–water partition coefficient (Wildman–Crippen LogP) is 7.64. The summed E-state index contributed by atoms with van der Waals surface area (Å²) in [5.41, 5.74) is 3.46. The largest absolute Gasteiger partial charge is 0.480 e. The Morgan fingerprint density at radius 1 is 0.968 bits per heavy atom. The summed E-state index contributed by atoms with van der Waals surface area (Å²) < 4.78 is 12.1. The third kappa shape index (κ3) is 7.14. The molecule has 0 unspecified atom stereocenters. The Kier molecular flexibility index (Phi) is 9.08. The van der Waals surface area contributed by atoms with Gasteiger partial charge in [0.15, 0.2) is 6.61 Å². The number of hydrogen-bond acceptors (Lipinski definition) is 4. The Morgan fingerprint density at radius 2 is 1.55 bits per heavy atom. The van der Waals surface area contributed by atoms with E-state index in [9.17, 15) is 4.79 Å². The number of thioether (sulfide) groups is 1. The molecule has 0 amide bonds. The summed E-state index contributed by atoms with van der Waals surface area (Å²) in [6.07, 6.45) is 2.21. The van der Waals surface area contributed by atoms with Gasteiger partial charge in [0.1, 0.15) is 5.75 Å². The van der Waals surface area contributed by atoms with E-state index in [1.807, 2.05) is 36.4 Å². The summed E-state index contributed by atoms with van der Waals surface area (Å²) in [5, 5.41) is 0.457. The minimum atomic E-state index is -0.451. The van der Waals surface area contributed by atoms with E-state index in [0.29, 0.717) is 10.8 Å². The molecule has 0 atom stereocenters. The predicted molar refractivity (Wildman–Crippen MR) is 135 cm³/mol. The maximum atomic E-state index is 11.2. The molecule has 3 aromatic carbocycles. The molecule has 3 rings (SSSR count). The van der Waals surface area contributed by atoms with Crippen molar-refractivity contribution < 1.29 is 14.3 Å². The van der Waals surface area contributed by atoms with Gasteiger partial charge in [-0.1, -0.05) is 73.8 Å². The highest BCUT2D eigenvalue weighted by Gasteiger charge is 2.08. The summed E-state index contributed by atoms with van der Waals surface area (Å²) in [7, 11) is 1.32. The summed E-state index contributed by atoms with van der Waals surface area (Å²) >= 11 is 15.0. The molecular weight excluding hydrogens is 564 g/mol. The van der Waals surface area contributed by atoms with Crippen LogP contribution in [-0.2, 0) is 9.53 Å². The Bertz CT molecular complexity index is 1020. The normalized spacial score (nSPS) is 10.5. The highest BCUT2D eigenvalue weighted by atomic mass is 79.9. The topological polar surface area (TPSA) is 35.5 Å². The van der Waals surface area contributed by atoms with Crippen LogP contribution in [0.3, 0.4) is 0 Å². The summed E-state index contributed by atoms with van der Waals surface area (Å²) in [6.45, 7) is -0.171. The van der Waals surface area contributed by atoms with Gasteiger partial charge in [0.05, 0.1) is 12.1 Å². The summed E-state index contributed by atoms with van der Waals surface area (Å²) in [6, 6.07) is 22.1. The lowest BCUT2D eigenvalue weighted by Gasteiger charge is -2.10. The van der Waals surface area contributed by atoms with Gasteiger partial charge in [-0.05, 0) is 59.2 Å². The van der Waals surface area contributed by atoms with Crippen molar-refractivity contribution in [1.82, 2.24) is 0 Å². The first-order chi connectivity index (χ1) is 15.0. The minimum Gasteiger partial charge on any atom is -0.480 e. The maximum Gasteiger partial charge on any atom is 0.343 e. The molecule has 0 fully saturated rings. The van der Waals surface area contributed by atoms with Gasteiger partial charge >= 0.3 is 5.97 Å². The molecule has 0 aliphatic rings. The van der Waals surface area contributed by atoms with E-state index in [1.165, 1.54) is 7.11 Å². The maximum absolute atomic E-state index is 11.2. The second-order valence-electron chi connectivity index (χ2n) is 6.40. The molecule has 0 aromatic heterocycles. The Balaban J connectivity index is 1.75. The monoisotopic (exact) mass is 580 g/mol. The van der Waals surface area contributed by atoms with Crippen LogP contribution in [0, 0.1) is 0 Å². The van der Waals surface area contributed by atoms with Gasteiger partial charge in [-0.3, -0.25) is 0 Å². The number of esters is 1. The van der Waals surface area contributed by atoms with Crippen LogP contribution in [0.4, 0.5) is 0 Å². The third-order valence-electron chi connectivity index (χ3n) is 4.32. The average Bonchev–Trinajstić information content (AvgIpc) is 2.77. The number of carbonyl (C=O) groups is 1. The van der Waals surface area contributed by atoms with Crippen molar-refractivity contribution in [2.75, 3.05) is 19.5 Å². The zero-order valence-electron chi connectivity index (χ0n) is 16.6. The second kappa shape index (κ2) is 11.8. The molecule has 0 saturated carbocycles.